The smallest absolute Gasteiger partial charge is 0.339 e. The molecule has 9 nitrogen and oxygen atoms in total. The molecular weight excluding hydrogens is 396 g/mol. The van der Waals surface area contributed by atoms with Gasteiger partial charge in [-0.2, -0.15) is 0 Å². The van der Waals surface area contributed by atoms with E-state index in [1.807, 2.05) is 6.92 Å². The maximum atomic E-state index is 9.79. The van der Waals surface area contributed by atoms with Gasteiger partial charge in [-0.3, -0.25) is 0 Å². The van der Waals surface area contributed by atoms with Gasteiger partial charge in [0.1, 0.15) is 0 Å². The van der Waals surface area contributed by atoms with Crippen molar-refractivity contribution in [3.8, 4) is 0 Å². The van der Waals surface area contributed by atoms with E-state index in [9.17, 15) is 4.79 Å². The first-order valence-electron chi connectivity index (χ1n) is 7.10. The van der Waals surface area contributed by atoms with Crippen LogP contribution in [0.5, 0.6) is 0 Å². The molecule has 0 saturated heterocycles. The van der Waals surface area contributed by atoms with Crippen LogP contribution in [-0.2, 0) is 4.79 Å². The maximum Gasteiger partial charge on any atom is 0.339 e. The normalized spacial score (nSPS) is 11.8. The summed E-state index contributed by atoms with van der Waals surface area (Å²) in [6.45, 7) is -0.272. The van der Waals surface area contributed by atoms with Gasteiger partial charge < -0.3 is 40.9 Å². The zero-order valence-corrected chi connectivity index (χ0v) is 16.7. The molecule has 0 aliphatic rings. The fraction of sp³-hybridized carbons (Fsp3) is 0.923. The van der Waals surface area contributed by atoms with E-state index in [1.54, 1.807) is 0 Å². The van der Waals surface area contributed by atoms with Crippen molar-refractivity contribution in [3.63, 3.8) is 0 Å². The number of carboxylic acids is 1. The number of carbonyl (C=O) groups is 1. The van der Waals surface area contributed by atoms with Crippen LogP contribution in [0.25, 0.3) is 0 Å². The van der Waals surface area contributed by atoms with Crippen molar-refractivity contribution in [2.24, 2.45) is 10.8 Å². The van der Waals surface area contributed by atoms with Crippen LogP contribution in [-0.4, -0.2) is 96.5 Å². The Morgan fingerprint density at radius 2 is 0.880 bits per heavy atom. The minimum atomic E-state index is -1.50. The standard InChI is InChI=1S/C6H14O3.C5H12O4.C2H4O2S3/c1-2-6(3-7,4-8)5-9;6-1-5(2-7,3-8)4-9;3-1(4)2(5,6)7/h7-9H,2-5H2,1H3;6-9H,1-4H2;5-7H,(H,3,4). The van der Waals surface area contributed by atoms with Crippen molar-refractivity contribution >= 4 is 43.9 Å². The average molecular weight is 427 g/mol. The van der Waals surface area contributed by atoms with Crippen LogP contribution in [0.3, 0.4) is 0 Å². The van der Waals surface area contributed by atoms with E-state index in [-0.39, 0.29) is 19.8 Å². The lowest BCUT2D eigenvalue weighted by Crippen LogP contribution is -2.37. The molecule has 0 spiro atoms. The first kappa shape index (κ1) is 30.0. The van der Waals surface area contributed by atoms with Crippen LogP contribution in [0.15, 0.2) is 0 Å². The van der Waals surface area contributed by atoms with Gasteiger partial charge in [0.2, 0.25) is 0 Å². The summed E-state index contributed by atoms with van der Waals surface area (Å²) in [6.07, 6.45) is 0.594. The monoisotopic (exact) mass is 426 g/mol. The molecule has 0 heterocycles. The fourth-order valence-corrected chi connectivity index (χ4v) is 0.785. The molecular formula is C13H30O9S3. The number of thiol groups is 3. The zero-order valence-electron chi connectivity index (χ0n) is 14.0. The molecule has 8 N–H and O–H groups in total. The molecule has 0 bridgehead atoms. The average Bonchev–Trinajstić information content (AvgIpc) is 2.60. The number of aliphatic hydroxyl groups excluding tert-OH is 7. The van der Waals surface area contributed by atoms with Gasteiger partial charge in [0, 0.05) is 5.41 Å². The number of aliphatic carboxylic acids is 1. The van der Waals surface area contributed by atoms with Gasteiger partial charge in [-0.1, -0.05) is 6.92 Å². The highest BCUT2D eigenvalue weighted by atomic mass is 32.2. The Morgan fingerprint density at radius 1 is 0.680 bits per heavy atom. The highest BCUT2D eigenvalue weighted by Crippen LogP contribution is 2.23. The van der Waals surface area contributed by atoms with Crippen LogP contribution in [0.2, 0.25) is 0 Å². The third-order valence-electron chi connectivity index (χ3n) is 3.38. The molecule has 0 atom stereocenters. The summed E-state index contributed by atoms with van der Waals surface area (Å²) < 4.78 is -1.50. The number of aliphatic hydroxyl groups is 7. The summed E-state index contributed by atoms with van der Waals surface area (Å²) in [5.41, 5.74) is -1.78. The Morgan fingerprint density at radius 3 is 0.880 bits per heavy atom. The second-order valence-corrected chi connectivity index (χ2v) is 8.47. The van der Waals surface area contributed by atoms with Crippen LogP contribution in [0.1, 0.15) is 13.3 Å². The van der Waals surface area contributed by atoms with Crippen molar-refractivity contribution in [3.05, 3.63) is 0 Å². The van der Waals surface area contributed by atoms with Crippen molar-refractivity contribution in [1.29, 1.82) is 0 Å². The SMILES string of the molecule is CCC(CO)(CO)CO.O=C(O)C(S)(S)S.OCC(CO)(CO)CO. The number of hydrogen-bond donors (Lipinski definition) is 11. The molecule has 0 aromatic carbocycles. The van der Waals surface area contributed by atoms with E-state index in [4.69, 9.17) is 40.9 Å². The summed E-state index contributed by atoms with van der Waals surface area (Å²) in [6, 6.07) is 0. The van der Waals surface area contributed by atoms with Crippen molar-refractivity contribution in [2.45, 2.75) is 16.8 Å². The van der Waals surface area contributed by atoms with E-state index < -0.39 is 46.6 Å². The minimum Gasteiger partial charge on any atom is -0.479 e. The third kappa shape index (κ3) is 13.1. The third-order valence-corrected chi connectivity index (χ3v) is 3.96. The van der Waals surface area contributed by atoms with Gasteiger partial charge in [-0.15, -0.1) is 37.9 Å². The Hall–Kier alpha value is 0.240. The topological polar surface area (TPSA) is 179 Å². The summed E-state index contributed by atoms with van der Waals surface area (Å²) in [5.74, 6) is -1.16. The van der Waals surface area contributed by atoms with Gasteiger partial charge in [-0.05, 0) is 6.42 Å². The van der Waals surface area contributed by atoms with Crippen LogP contribution < -0.4 is 0 Å². The molecule has 0 saturated carbocycles. The molecule has 0 rings (SSSR count). The second-order valence-electron chi connectivity index (χ2n) is 5.40. The van der Waals surface area contributed by atoms with Crippen LogP contribution in [0, 0.1) is 10.8 Å². The molecule has 0 fully saturated rings. The lowest BCUT2D eigenvalue weighted by Gasteiger charge is -2.24. The van der Waals surface area contributed by atoms with E-state index in [1.165, 1.54) is 0 Å². The Balaban J connectivity index is -0.000000293. The molecule has 0 aromatic heterocycles. The van der Waals surface area contributed by atoms with E-state index >= 15 is 0 Å². The molecule has 0 aliphatic carbocycles. The molecule has 0 unspecified atom stereocenters. The summed E-state index contributed by atoms with van der Waals surface area (Å²) >= 11 is 10.4. The largest absolute Gasteiger partial charge is 0.479 e. The highest BCUT2D eigenvalue weighted by molar-refractivity contribution is 8.18. The number of carboxylic acid groups (broad SMARTS) is 1. The van der Waals surface area contributed by atoms with E-state index in [0.717, 1.165) is 0 Å². The van der Waals surface area contributed by atoms with Crippen molar-refractivity contribution < 1.29 is 45.6 Å². The van der Waals surface area contributed by atoms with Gasteiger partial charge in [0.05, 0.1) is 51.7 Å². The number of hydrogen-bond acceptors (Lipinski definition) is 11. The fourth-order valence-electron chi connectivity index (χ4n) is 0.785. The molecule has 0 radical (unpaired) electrons. The minimum absolute atomic E-state index is 0.156. The Labute approximate surface area is 163 Å². The molecule has 154 valence electrons. The quantitative estimate of drug-likeness (QED) is 0.144. The molecule has 0 aliphatic heterocycles. The van der Waals surface area contributed by atoms with Crippen molar-refractivity contribution in [1.82, 2.24) is 0 Å². The molecule has 12 heteroatoms. The molecule has 25 heavy (non-hydrogen) atoms. The van der Waals surface area contributed by atoms with E-state index in [2.05, 4.69) is 37.9 Å². The first-order chi connectivity index (χ1) is 11.4. The van der Waals surface area contributed by atoms with Gasteiger partial charge in [0.15, 0.2) is 3.41 Å². The zero-order chi connectivity index (χ0) is 20.7. The Bertz CT molecular complexity index is 274. The summed E-state index contributed by atoms with van der Waals surface area (Å²) in [5, 5.41) is 68.0. The van der Waals surface area contributed by atoms with Gasteiger partial charge in [0.25, 0.3) is 0 Å². The van der Waals surface area contributed by atoms with Gasteiger partial charge in [-0.25, -0.2) is 4.79 Å². The first-order valence-corrected chi connectivity index (χ1v) is 8.44. The lowest BCUT2D eigenvalue weighted by molar-refractivity contribution is -0.135. The van der Waals surface area contributed by atoms with E-state index in [0.29, 0.717) is 6.42 Å². The maximum absolute atomic E-state index is 9.79. The highest BCUT2D eigenvalue weighted by Gasteiger charge is 2.26. The van der Waals surface area contributed by atoms with Gasteiger partial charge >= 0.3 is 5.97 Å². The second kappa shape index (κ2) is 15.3. The summed E-state index contributed by atoms with van der Waals surface area (Å²) in [7, 11) is 0. The van der Waals surface area contributed by atoms with Crippen LogP contribution >= 0.6 is 37.9 Å². The predicted octanol–water partition coefficient (Wildman–Crippen LogP) is -2.18. The van der Waals surface area contributed by atoms with Crippen molar-refractivity contribution in [2.75, 3.05) is 46.2 Å². The Kier molecular flexibility index (Phi) is 18.4. The molecule has 0 aromatic rings. The van der Waals surface area contributed by atoms with Crippen LogP contribution in [0.4, 0.5) is 0 Å². The summed E-state index contributed by atoms with van der Waals surface area (Å²) in [4.78, 5) is 9.79. The number of rotatable bonds is 9. The lowest BCUT2D eigenvalue weighted by atomic mass is 9.88. The predicted molar refractivity (Wildman–Crippen MR) is 102 cm³/mol. The molecule has 0 amide bonds.